The Labute approximate surface area is 120 Å². The van der Waals surface area contributed by atoms with E-state index in [1.54, 1.807) is 0 Å². The Morgan fingerprint density at radius 3 is 3.10 bits per heavy atom. The first-order valence-electron chi connectivity index (χ1n) is 7.87. The van der Waals surface area contributed by atoms with Gasteiger partial charge in [0, 0.05) is 31.8 Å². The Kier molecular flexibility index (Phi) is 3.15. The van der Waals surface area contributed by atoms with Gasteiger partial charge in [-0.15, -0.1) is 0 Å². The monoisotopic (exact) mass is 273 g/mol. The highest BCUT2D eigenvalue weighted by molar-refractivity contribution is 5.56. The van der Waals surface area contributed by atoms with E-state index < -0.39 is 0 Å². The predicted molar refractivity (Wildman–Crippen MR) is 78.9 cm³/mol. The smallest absolute Gasteiger partial charge is 0.132 e. The fraction of sp³-hybridized carbons (Fsp3) is 0.688. The summed E-state index contributed by atoms with van der Waals surface area (Å²) in [5.74, 6) is 2.03. The number of aromatic nitrogens is 1. The van der Waals surface area contributed by atoms with Crippen LogP contribution >= 0.6 is 0 Å². The van der Waals surface area contributed by atoms with E-state index in [-0.39, 0.29) is 0 Å². The van der Waals surface area contributed by atoms with Crippen molar-refractivity contribution in [3.63, 3.8) is 0 Å². The first-order chi connectivity index (χ1) is 9.81. The molecule has 2 fully saturated rings. The third kappa shape index (κ3) is 2.31. The lowest BCUT2D eigenvalue weighted by atomic mass is 10.1. The lowest BCUT2D eigenvalue weighted by molar-refractivity contribution is 0.109. The van der Waals surface area contributed by atoms with Crippen molar-refractivity contribution in [3.8, 4) is 0 Å². The number of hydrogen-bond acceptors (Lipinski definition) is 4. The van der Waals surface area contributed by atoms with Gasteiger partial charge in [0.2, 0.25) is 0 Å². The second-order valence-corrected chi connectivity index (χ2v) is 6.52. The van der Waals surface area contributed by atoms with Gasteiger partial charge in [0.25, 0.3) is 0 Å². The van der Waals surface area contributed by atoms with Crippen LogP contribution in [0, 0.1) is 5.92 Å². The topological polar surface area (TPSA) is 37.4 Å². The van der Waals surface area contributed by atoms with E-state index in [1.807, 2.05) is 0 Å². The highest BCUT2D eigenvalue weighted by Crippen LogP contribution is 2.34. The standard InChI is InChI=1S/C16H23N3O/c1-11-7-17-8-15-6-13-4-5-14(18-16(13)19(11)15)10-20-9-12-2-3-12/h4-5,11-12,15,17H,2-3,6-10H2,1H3/t11-,15?/m1/s1. The highest BCUT2D eigenvalue weighted by Gasteiger charge is 2.36. The van der Waals surface area contributed by atoms with Gasteiger partial charge >= 0.3 is 0 Å². The van der Waals surface area contributed by atoms with Crippen LogP contribution in [-0.2, 0) is 17.8 Å². The number of fused-ring (bicyclic) bond motifs is 3. The highest BCUT2D eigenvalue weighted by atomic mass is 16.5. The molecule has 4 nitrogen and oxygen atoms in total. The molecule has 4 heteroatoms. The minimum absolute atomic E-state index is 0.533. The van der Waals surface area contributed by atoms with Crippen molar-refractivity contribution in [1.82, 2.24) is 10.3 Å². The van der Waals surface area contributed by atoms with E-state index in [1.165, 1.54) is 24.2 Å². The minimum Gasteiger partial charge on any atom is -0.375 e. The maximum Gasteiger partial charge on any atom is 0.132 e. The van der Waals surface area contributed by atoms with Crippen molar-refractivity contribution in [1.29, 1.82) is 0 Å². The molecule has 0 amide bonds. The van der Waals surface area contributed by atoms with E-state index in [2.05, 4.69) is 29.3 Å². The van der Waals surface area contributed by atoms with Gasteiger partial charge in [0.1, 0.15) is 5.82 Å². The number of hydrogen-bond donors (Lipinski definition) is 1. The van der Waals surface area contributed by atoms with Crippen LogP contribution in [0.1, 0.15) is 31.0 Å². The third-order valence-corrected chi connectivity index (χ3v) is 4.70. The van der Waals surface area contributed by atoms with E-state index in [4.69, 9.17) is 9.72 Å². The van der Waals surface area contributed by atoms with Crippen molar-refractivity contribution < 1.29 is 4.74 Å². The molecule has 1 N–H and O–H groups in total. The molecule has 1 unspecified atom stereocenters. The molecule has 1 aliphatic carbocycles. The zero-order chi connectivity index (χ0) is 13.5. The summed E-state index contributed by atoms with van der Waals surface area (Å²) in [6.45, 7) is 5.99. The lowest BCUT2D eigenvalue weighted by Gasteiger charge is -2.37. The molecule has 0 aromatic carbocycles. The van der Waals surface area contributed by atoms with Crippen molar-refractivity contribution in [3.05, 3.63) is 23.4 Å². The molecular formula is C16H23N3O. The van der Waals surface area contributed by atoms with E-state index in [0.717, 1.165) is 37.7 Å². The molecular weight excluding hydrogens is 250 g/mol. The molecule has 3 heterocycles. The molecule has 1 saturated carbocycles. The Morgan fingerprint density at radius 2 is 2.25 bits per heavy atom. The van der Waals surface area contributed by atoms with Crippen LogP contribution < -0.4 is 10.2 Å². The zero-order valence-corrected chi connectivity index (χ0v) is 12.1. The van der Waals surface area contributed by atoms with Crippen molar-refractivity contribution in [2.45, 2.75) is 44.9 Å². The number of nitrogens with zero attached hydrogens (tertiary/aromatic N) is 2. The largest absolute Gasteiger partial charge is 0.375 e. The molecule has 2 atom stereocenters. The average Bonchev–Trinajstić information content (AvgIpc) is 3.18. The Bertz CT molecular complexity index is 500. The SMILES string of the molecule is C[C@@H]1CNCC2Cc3ccc(COCC4CC4)nc3N21. The van der Waals surface area contributed by atoms with Crippen LogP contribution in [0.4, 0.5) is 5.82 Å². The Morgan fingerprint density at radius 1 is 1.35 bits per heavy atom. The molecule has 0 bridgehead atoms. The molecule has 0 spiro atoms. The maximum atomic E-state index is 5.77. The summed E-state index contributed by atoms with van der Waals surface area (Å²) in [5, 5.41) is 3.51. The van der Waals surface area contributed by atoms with Crippen LogP contribution in [0.2, 0.25) is 0 Å². The number of nitrogens with one attached hydrogen (secondary N) is 1. The van der Waals surface area contributed by atoms with Crippen LogP contribution in [-0.4, -0.2) is 36.8 Å². The van der Waals surface area contributed by atoms with Gasteiger partial charge in [-0.2, -0.15) is 0 Å². The first kappa shape index (κ1) is 12.6. The number of anilines is 1. The van der Waals surface area contributed by atoms with Gasteiger partial charge in [-0.3, -0.25) is 0 Å². The quantitative estimate of drug-likeness (QED) is 0.906. The lowest BCUT2D eigenvalue weighted by Crippen LogP contribution is -2.55. The van der Waals surface area contributed by atoms with Crippen LogP contribution in [0.5, 0.6) is 0 Å². The zero-order valence-electron chi connectivity index (χ0n) is 12.1. The fourth-order valence-corrected chi connectivity index (χ4v) is 3.42. The van der Waals surface area contributed by atoms with Crippen LogP contribution in [0.3, 0.4) is 0 Å². The van der Waals surface area contributed by atoms with Crippen molar-refractivity contribution in [2.75, 3.05) is 24.6 Å². The summed E-state index contributed by atoms with van der Waals surface area (Å²) in [4.78, 5) is 7.39. The fourth-order valence-electron chi connectivity index (χ4n) is 3.42. The molecule has 2 aliphatic heterocycles. The second-order valence-electron chi connectivity index (χ2n) is 6.52. The van der Waals surface area contributed by atoms with Gasteiger partial charge in [-0.25, -0.2) is 4.98 Å². The molecule has 1 aromatic heterocycles. The van der Waals surface area contributed by atoms with Crippen molar-refractivity contribution >= 4 is 5.82 Å². The van der Waals surface area contributed by atoms with Gasteiger partial charge in [0.05, 0.1) is 12.3 Å². The Hall–Kier alpha value is -1.13. The Balaban J connectivity index is 1.49. The summed E-state index contributed by atoms with van der Waals surface area (Å²) in [5.41, 5.74) is 2.48. The summed E-state index contributed by atoms with van der Waals surface area (Å²) in [6, 6.07) is 5.51. The normalized spacial score (nSPS) is 28.4. The molecule has 1 aromatic rings. The molecule has 3 aliphatic rings. The number of rotatable bonds is 4. The molecule has 108 valence electrons. The summed E-state index contributed by atoms with van der Waals surface area (Å²) >= 11 is 0. The molecule has 20 heavy (non-hydrogen) atoms. The molecule has 4 rings (SSSR count). The van der Waals surface area contributed by atoms with Crippen molar-refractivity contribution in [2.24, 2.45) is 5.92 Å². The minimum atomic E-state index is 0.533. The predicted octanol–water partition coefficient (Wildman–Crippen LogP) is 1.73. The third-order valence-electron chi connectivity index (χ3n) is 4.70. The van der Waals surface area contributed by atoms with Crippen LogP contribution in [0.25, 0.3) is 0 Å². The average molecular weight is 273 g/mol. The van der Waals surface area contributed by atoms with Gasteiger partial charge < -0.3 is 15.0 Å². The van der Waals surface area contributed by atoms with Gasteiger partial charge in [-0.1, -0.05) is 6.07 Å². The maximum absolute atomic E-state index is 5.77. The van der Waals surface area contributed by atoms with Crippen LogP contribution in [0.15, 0.2) is 12.1 Å². The number of piperazine rings is 1. The summed E-state index contributed by atoms with van der Waals surface area (Å²) in [7, 11) is 0. The second kappa shape index (κ2) is 5.01. The van der Waals surface area contributed by atoms with Gasteiger partial charge in [-0.05, 0) is 43.7 Å². The number of ether oxygens (including phenoxy) is 1. The van der Waals surface area contributed by atoms with E-state index in [0.29, 0.717) is 18.7 Å². The molecule has 0 radical (unpaired) electrons. The number of pyridine rings is 1. The summed E-state index contributed by atoms with van der Waals surface area (Å²) < 4.78 is 5.77. The summed E-state index contributed by atoms with van der Waals surface area (Å²) in [6.07, 6.45) is 3.82. The van der Waals surface area contributed by atoms with E-state index >= 15 is 0 Å². The first-order valence-corrected chi connectivity index (χ1v) is 7.87. The van der Waals surface area contributed by atoms with E-state index in [9.17, 15) is 0 Å². The molecule has 1 saturated heterocycles. The van der Waals surface area contributed by atoms with Gasteiger partial charge in [0.15, 0.2) is 0 Å².